The van der Waals surface area contributed by atoms with Gasteiger partial charge in [0.25, 0.3) is 0 Å². The molecule has 0 unspecified atom stereocenters. The molecule has 1 amide bonds. The first-order chi connectivity index (χ1) is 40.7. The van der Waals surface area contributed by atoms with E-state index < -0.39 is 60.5 Å². The summed E-state index contributed by atoms with van der Waals surface area (Å²) in [6.07, 6.45) is 32.4. The van der Waals surface area contributed by atoms with Crippen LogP contribution < -0.4 is 14.8 Å². The van der Waals surface area contributed by atoms with E-state index in [1.54, 1.807) is 20.3 Å². The highest BCUT2D eigenvalue weighted by molar-refractivity contribution is 7.99. The molecule has 0 spiro atoms. The molecule has 14 heteroatoms. The van der Waals surface area contributed by atoms with Crippen LogP contribution in [0, 0.1) is 0 Å². The van der Waals surface area contributed by atoms with E-state index in [2.05, 4.69) is 19.2 Å². The Kier molecular flexibility index (Phi) is 39.3. The van der Waals surface area contributed by atoms with Gasteiger partial charge in [0.05, 0.1) is 40.1 Å². The van der Waals surface area contributed by atoms with Crippen molar-refractivity contribution in [2.24, 2.45) is 0 Å². The number of aliphatic hydroxyl groups excluding tert-OH is 2. The van der Waals surface area contributed by atoms with Gasteiger partial charge in [0.15, 0.2) is 0 Å². The molecule has 0 bridgehead atoms. The van der Waals surface area contributed by atoms with Crippen LogP contribution in [0.15, 0.2) is 95.9 Å². The van der Waals surface area contributed by atoms with Crippen molar-refractivity contribution in [3.05, 3.63) is 102 Å². The number of nitrogens with one attached hydrogen (secondary N) is 1. The monoisotopic (exact) mass is 1170 g/mol. The second-order valence-corrected chi connectivity index (χ2v) is 23.7. The minimum Gasteiger partial charge on any atom is -0.497 e. The summed E-state index contributed by atoms with van der Waals surface area (Å²) in [5.74, 6) is 0.122. The van der Waals surface area contributed by atoms with Gasteiger partial charge in [-0.15, -0.1) is 0 Å². The average Bonchev–Trinajstić information content (AvgIpc) is 3.66. The molecular weight excluding hydrogens is 1070 g/mol. The molecule has 4 rings (SSSR count). The van der Waals surface area contributed by atoms with Crippen molar-refractivity contribution < 1.29 is 57.8 Å². The SMILES string of the molecule is CCCCCCCCCCCCC/C=C/[C@@H](OC(=O)CCCC(=O)OC[C@H]1O[C@@H](Sc2ccccc2)[C@H](OCc2ccc(OC)cc2)[C@@H](OCc2ccc(OC)cc2)[C@@H]1O)[C@H](CO)NC(=O)CCCCCCCCCCCCCCCCC. The number of ether oxygens (including phenoxy) is 7. The molecule has 466 valence electrons. The molecule has 83 heavy (non-hydrogen) atoms. The molecule has 3 aromatic rings. The van der Waals surface area contributed by atoms with E-state index >= 15 is 0 Å². The van der Waals surface area contributed by atoms with Crippen LogP contribution in [0.25, 0.3) is 0 Å². The number of esters is 2. The Balaban J connectivity index is 1.30. The highest BCUT2D eigenvalue weighted by atomic mass is 32.2. The fraction of sp³-hybridized carbons (Fsp3) is 0.667. The number of unbranched alkanes of at least 4 members (excludes halogenated alkanes) is 25. The Bertz CT molecular complexity index is 2130. The molecule has 3 aromatic carbocycles. The zero-order valence-corrected chi connectivity index (χ0v) is 52.2. The molecule has 1 fully saturated rings. The molecule has 7 atom stereocenters. The lowest BCUT2D eigenvalue weighted by molar-refractivity contribution is -0.239. The highest BCUT2D eigenvalue weighted by Gasteiger charge is 2.48. The van der Waals surface area contributed by atoms with E-state index in [1.165, 1.54) is 147 Å². The standard InChI is InChI=1S/C69H107NO12S/c1-5-7-9-11-13-15-17-19-20-22-24-26-28-30-35-40-63(72)70-60(51-71)61(39-34-29-27-25-23-21-18-16-14-12-10-8-6-2)81-65(74)42-36-41-64(73)78-54-62-66(75)67(79-52-55-43-47-57(76-3)48-44-55)68(69(82-62)83-59-37-32-31-33-38-59)80-53-56-45-49-58(77-4)50-46-56/h31-34,37-39,43-50,60-62,66-69,71,75H,5-30,35-36,40-42,51-54H2,1-4H3,(H,70,72)/b39-34+/t60-,61+,62+,66+,67-,68+,69-/m0/s1. The summed E-state index contributed by atoms with van der Waals surface area (Å²) < 4.78 is 42.1. The zero-order valence-electron chi connectivity index (χ0n) is 51.3. The summed E-state index contributed by atoms with van der Waals surface area (Å²) in [7, 11) is 3.22. The number of methoxy groups -OCH3 is 2. The number of rotatable bonds is 49. The number of carbonyl (C=O) groups excluding carboxylic acids is 3. The lowest BCUT2D eigenvalue weighted by atomic mass is 9.99. The van der Waals surface area contributed by atoms with Gasteiger partial charge >= 0.3 is 11.9 Å². The number of hydrogen-bond donors (Lipinski definition) is 3. The quantitative estimate of drug-likeness (QED) is 0.0278. The van der Waals surface area contributed by atoms with Crippen LogP contribution >= 0.6 is 11.8 Å². The zero-order chi connectivity index (χ0) is 59.4. The minimum atomic E-state index is -1.26. The van der Waals surface area contributed by atoms with E-state index in [-0.39, 0.29) is 45.0 Å². The van der Waals surface area contributed by atoms with Gasteiger partial charge in [-0.25, -0.2) is 0 Å². The Labute approximate surface area is 504 Å². The maximum atomic E-state index is 13.5. The number of allylic oxidation sites excluding steroid dienone is 1. The molecular formula is C69H107NO12S. The molecule has 1 aliphatic heterocycles. The minimum absolute atomic E-state index is 0.0872. The van der Waals surface area contributed by atoms with Gasteiger partial charge in [-0.05, 0) is 79.3 Å². The molecule has 0 aliphatic carbocycles. The lowest BCUT2D eigenvalue weighted by Gasteiger charge is -2.44. The van der Waals surface area contributed by atoms with Crippen LogP contribution in [0.3, 0.4) is 0 Å². The van der Waals surface area contributed by atoms with Gasteiger partial charge in [0.1, 0.15) is 54.1 Å². The van der Waals surface area contributed by atoms with Crippen molar-refractivity contribution in [3.8, 4) is 11.5 Å². The van der Waals surface area contributed by atoms with E-state index in [9.17, 15) is 24.6 Å². The van der Waals surface area contributed by atoms with Crippen LogP contribution in [-0.2, 0) is 51.3 Å². The molecule has 1 saturated heterocycles. The van der Waals surface area contributed by atoms with Gasteiger partial charge in [-0.2, -0.15) is 0 Å². The topological polar surface area (TPSA) is 168 Å². The van der Waals surface area contributed by atoms with Gasteiger partial charge in [-0.3, -0.25) is 14.4 Å². The van der Waals surface area contributed by atoms with Gasteiger partial charge < -0.3 is 48.7 Å². The second kappa shape index (κ2) is 45.9. The van der Waals surface area contributed by atoms with E-state index in [1.807, 2.05) is 84.9 Å². The maximum Gasteiger partial charge on any atom is 0.306 e. The number of thioether (sulfide) groups is 1. The van der Waals surface area contributed by atoms with E-state index in [4.69, 9.17) is 33.2 Å². The fourth-order valence-electron chi connectivity index (χ4n) is 10.4. The van der Waals surface area contributed by atoms with Crippen molar-refractivity contribution in [2.45, 2.75) is 273 Å². The van der Waals surface area contributed by atoms with Gasteiger partial charge in [-0.1, -0.05) is 228 Å². The van der Waals surface area contributed by atoms with E-state index in [0.29, 0.717) is 12.2 Å². The highest BCUT2D eigenvalue weighted by Crippen LogP contribution is 2.37. The number of aliphatic hydroxyl groups is 2. The Morgan fingerprint density at radius 2 is 1.05 bits per heavy atom. The molecule has 1 aliphatic rings. The lowest BCUT2D eigenvalue weighted by Crippen LogP contribution is -2.59. The number of carbonyl (C=O) groups is 3. The normalized spacial score (nSPS) is 17.7. The van der Waals surface area contributed by atoms with Gasteiger partial charge in [0, 0.05) is 24.2 Å². The largest absolute Gasteiger partial charge is 0.497 e. The molecule has 0 saturated carbocycles. The van der Waals surface area contributed by atoms with Crippen molar-refractivity contribution in [1.29, 1.82) is 0 Å². The summed E-state index contributed by atoms with van der Waals surface area (Å²) in [5.41, 5.74) is 1.07. The summed E-state index contributed by atoms with van der Waals surface area (Å²) in [6, 6.07) is 23.9. The van der Waals surface area contributed by atoms with Crippen LogP contribution in [0.1, 0.15) is 224 Å². The average molecular weight is 1170 g/mol. The van der Waals surface area contributed by atoms with Crippen LogP contribution in [0.2, 0.25) is 0 Å². The molecule has 13 nitrogen and oxygen atoms in total. The van der Waals surface area contributed by atoms with Gasteiger partial charge in [0.2, 0.25) is 5.91 Å². The number of amides is 1. The Morgan fingerprint density at radius 1 is 0.578 bits per heavy atom. The van der Waals surface area contributed by atoms with Crippen LogP contribution in [0.5, 0.6) is 11.5 Å². The maximum absolute atomic E-state index is 13.5. The molecule has 0 radical (unpaired) electrons. The third-order valence-electron chi connectivity index (χ3n) is 15.5. The smallest absolute Gasteiger partial charge is 0.306 e. The third kappa shape index (κ3) is 31.5. The predicted octanol–water partition coefficient (Wildman–Crippen LogP) is 15.7. The van der Waals surface area contributed by atoms with Crippen LogP contribution in [-0.4, -0.2) is 97.5 Å². The van der Waals surface area contributed by atoms with Crippen molar-refractivity contribution >= 4 is 29.6 Å². The third-order valence-corrected chi connectivity index (χ3v) is 16.7. The summed E-state index contributed by atoms with van der Waals surface area (Å²) in [4.78, 5) is 41.0. The van der Waals surface area contributed by atoms with E-state index in [0.717, 1.165) is 60.3 Å². The number of benzene rings is 3. The first kappa shape index (κ1) is 71.0. The Morgan fingerprint density at radius 3 is 1.54 bits per heavy atom. The summed E-state index contributed by atoms with van der Waals surface area (Å²) >= 11 is 1.43. The second-order valence-electron chi connectivity index (χ2n) is 22.5. The van der Waals surface area contributed by atoms with Crippen molar-refractivity contribution in [2.75, 3.05) is 27.4 Å². The summed E-state index contributed by atoms with van der Waals surface area (Å²) in [6.45, 7) is 4.19. The van der Waals surface area contributed by atoms with Crippen LogP contribution in [0.4, 0.5) is 0 Å². The fourth-order valence-corrected chi connectivity index (χ4v) is 11.5. The first-order valence-electron chi connectivity index (χ1n) is 32.1. The Hall–Kier alpha value is -4.44. The first-order valence-corrected chi connectivity index (χ1v) is 33.0. The van der Waals surface area contributed by atoms with Crippen molar-refractivity contribution in [1.82, 2.24) is 5.32 Å². The summed E-state index contributed by atoms with van der Waals surface area (Å²) in [5, 5.41) is 25.5. The number of hydrogen-bond acceptors (Lipinski definition) is 13. The molecule has 0 aromatic heterocycles. The molecule has 3 N–H and O–H groups in total. The molecule has 1 heterocycles. The van der Waals surface area contributed by atoms with Crippen molar-refractivity contribution in [3.63, 3.8) is 0 Å². The predicted molar refractivity (Wildman–Crippen MR) is 334 cm³/mol.